The van der Waals surface area contributed by atoms with Gasteiger partial charge in [0.05, 0.1) is 6.04 Å². The van der Waals surface area contributed by atoms with Gasteiger partial charge in [-0.15, -0.1) is 0 Å². The van der Waals surface area contributed by atoms with E-state index < -0.39 is 11.4 Å². The number of carboxylic acids is 1. The number of nitrogens with zero attached hydrogens (tertiary/aromatic N) is 1. The largest absolute Gasteiger partial charge is 0.477 e. The normalized spacial score (nSPS) is 23.1. The molecule has 1 fully saturated rings. The van der Waals surface area contributed by atoms with E-state index >= 15 is 0 Å². The number of hydrogen-bond donors (Lipinski definition) is 1. The number of halogens is 1. The van der Waals surface area contributed by atoms with E-state index in [0.29, 0.717) is 18.1 Å². The van der Waals surface area contributed by atoms with Crippen molar-refractivity contribution in [2.75, 3.05) is 6.61 Å². The first-order chi connectivity index (χ1) is 12.1. The van der Waals surface area contributed by atoms with Gasteiger partial charge in [0.15, 0.2) is 5.43 Å². The first kappa shape index (κ1) is 14.9. The van der Waals surface area contributed by atoms with Crippen LogP contribution in [0.3, 0.4) is 0 Å². The quantitative estimate of drug-likeness (QED) is 0.853. The van der Waals surface area contributed by atoms with E-state index in [-0.39, 0.29) is 17.7 Å². The number of hydrogen-bond acceptors (Lipinski definition) is 3. The molecule has 0 amide bonds. The van der Waals surface area contributed by atoms with E-state index in [0.717, 1.165) is 34.4 Å². The minimum absolute atomic E-state index is 0.00242. The molecule has 0 unspecified atom stereocenters. The van der Waals surface area contributed by atoms with E-state index in [1.165, 1.54) is 12.3 Å². The predicted molar refractivity (Wildman–Crippen MR) is 93.0 cm³/mol. The summed E-state index contributed by atoms with van der Waals surface area (Å²) in [5.74, 6) is -1.20. The van der Waals surface area contributed by atoms with Gasteiger partial charge in [0.1, 0.15) is 11.7 Å². The van der Waals surface area contributed by atoms with Gasteiger partial charge in [-0.25, -0.2) is 4.79 Å². The number of allylic oxidation sites excluding steroid dienone is 1. The number of carbonyl (C=O) groups is 1. The van der Waals surface area contributed by atoms with Crippen molar-refractivity contribution in [2.24, 2.45) is 0 Å². The van der Waals surface area contributed by atoms with Gasteiger partial charge in [-0.1, -0.05) is 23.7 Å². The number of pyridine rings is 1. The molecular formula is C19H14ClNO4. The van der Waals surface area contributed by atoms with Crippen molar-refractivity contribution in [1.82, 2.24) is 4.57 Å². The molecule has 0 radical (unpaired) electrons. The molecular weight excluding hydrogens is 342 g/mol. The summed E-state index contributed by atoms with van der Waals surface area (Å²) in [7, 11) is 0. The highest BCUT2D eigenvalue weighted by Gasteiger charge is 2.43. The Morgan fingerprint density at radius 1 is 1.36 bits per heavy atom. The van der Waals surface area contributed by atoms with Crippen molar-refractivity contribution in [1.29, 1.82) is 0 Å². The smallest absolute Gasteiger partial charge is 0.341 e. The van der Waals surface area contributed by atoms with Crippen LogP contribution in [0, 0.1) is 0 Å². The Balaban J connectivity index is 1.80. The summed E-state index contributed by atoms with van der Waals surface area (Å²) in [6.45, 7) is 0.607. The van der Waals surface area contributed by atoms with Gasteiger partial charge in [-0.2, -0.15) is 0 Å². The highest BCUT2D eigenvalue weighted by molar-refractivity contribution is 6.32. The Kier molecular flexibility index (Phi) is 3.03. The molecule has 1 saturated heterocycles. The first-order valence-electron chi connectivity index (χ1n) is 8.18. The van der Waals surface area contributed by atoms with Crippen LogP contribution < -0.4 is 5.43 Å². The van der Waals surface area contributed by atoms with Gasteiger partial charge in [0.2, 0.25) is 0 Å². The zero-order valence-electron chi connectivity index (χ0n) is 13.2. The van der Waals surface area contributed by atoms with Crippen LogP contribution in [0.2, 0.25) is 5.02 Å². The second kappa shape index (κ2) is 5.07. The molecule has 1 aliphatic carbocycles. The van der Waals surface area contributed by atoms with Crippen molar-refractivity contribution >= 4 is 28.7 Å². The van der Waals surface area contributed by atoms with Crippen molar-refractivity contribution in [3.05, 3.63) is 68.1 Å². The zero-order chi connectivity index (χ0) is 17.3. The molecule has 0 bridgehead atoms. The highest BCUT2D eigenvalue weighted by atomic mass is 35.5. The lowest BCUT2D eigenvalue weighted by Gasteiger charge is -2.32. The number of aromatic carboxylic acids is 1. The molecule has 126 valence electrons. The second-order valence-corrected chi connectivity index (χ2v) is 7.04. The van der Waals surface area contributed by atoms with Crippen molar-refractivity contribution < 1.29 is 14.6 Å². The molecule has 0 spiro atoms. The predicted octanol–water partition coefficient (Wildman–Crippen LogP) is 3.01. The van der Waals surface area contributed by atoms with Crippen LogP contribution in [0.1, 0.15) is 39.6 Å². The van der Waals surface area contributed by atoms with Crippen LogP contribution in [0.4, 0.5) is 0 Å². The molecule has 3 heterocycles. The van der Waals surface area contributed by atoms with Crippen LogP contribution in [0.15, 0.2) is 35.3 Å². The molecule has 25 heavy (non-hydrogen) atoms. The summed E-state index contributed by atoms with van der Waals surface area (Å²) in [6, 6.07) is 7.29. The fourth-order valence-electron chi connectivity index (χ4n) is 4.34. The molecule has 1 aromatic carbocycles. The van der Waals surface area contributed by atoms with Crippen LogP contribution in [-0.2, 0) is 11.2 Å². The summed E-state index contributed by atoms with van der Waals surface area (Å²) < 4.78 is 7.93. The van der Waals surface area contributed by atoms with E-state index in [9.17, 15) is 14.7 Å². The number of benzene rings is 1. The van der Waals surface area contributed by atoms with E-state index in [4.69, 9.17) is 16.3 Å². The number of ether oxygens (including phenoxy) is 1. The maximum absolute atomic E-state index is 12.3. The molecule has 6 heteroatoms. The third-order valence-corrected chi connectivity index (χ3v) is 5.76. The highest BCUT2D eigenvalue weighted by Crippen LogP contribution is 2.51. The number of fused-ring (bicyclic) bond motifs is 7. The molecule has 2 aliphatic heterocycles. The Morgan fingerprint density at radius 3 is 3.00 bits per heavy atom. The van der Waals surface area contributed by atoms with Gasteiger partial charge in [0, 0.05) is 36.0 Å². The fraction of sp³-hybridized carbons (Fsp3) is 0.263. The molecule has 2 atom stereocenters. The fourth-order valence-corrected chi connectivity index (χ4v) is 4.59. The Morgan fingerprint density at radius 2 is 2.20 bits per heavy atom. The van der Waals surface area contributed by atoms with Crippen molar-refractivity contribution in [3.8, 4) is 0 Å². The standard InChI is InChI=1S/C19H14ClNO4/c20-13-3-1-2-9-10(13)6-11-15-7-16(22)12(19(23)24)8-21(15)14-4-5-25-18(14)17(9)11/h1-3,7-8,14,18H,4-6H2,(H,23,24)/t14-,18+/m1/s1. The Hall–Kier alpha value is -2.37. The molecule has 3 aliphatic rings. The Bertz CT molecular complexity index is 1040. The summed E-state index contributed by atoms with van der Waals surface area (Å²) in [5, 5.41) is 10.0. The molecule has 2 aromatic rings. The maximum atomic E-state index is 12.3. The van der Waals surface area contributed by atoms with Crippen LogP contribution in [0.25, 0.3) is 11.1 Å². The molecule has 5 nitrogen and oxygen atoms in total. The van der Waals surface area contributed by atoms with Crippen LogP contribution >= 0.6 is 11.6 Å². The average Bonchev–Trinajstić information content (AvgIpc) is 3.19. The Labute approximate surface area is 148 Å². The molecule has 0 saturated carbocycles. The monoisotopic (exact) mass is 355 g/mol. The van der Waals surface area contributed by atoms with Gasteiger partial charge >= 0.3 is 5.97 Å². The summed E-state index contributed by atoms with van der Waals surface area (Å²) in [5.41, 5.74) is 4.36. The average molecular weight is 356 g/mol. The van der Waals surface area contributed by atoms with E-state index in [2.05, 4.69) is 0 Å². The van der Waals surface area contributed by atoms with Crippen LogP contribution in [-0.4, -0.2) is 28.4 Å². The second-order valence-electron chi connectivity index (χ2n) is 6.63. The van der Waals surface area contributed by atoms with Crippen molar-refractivity contribution in [3.63, 3.8) is 0 Å². The van der Waals surface area contributed by atoms with Crippen molar-refractivity contribution in [2.45, 2.75) is 25.0 Å². The third kappa shape index (κ3) is 1.94. The topological polar surface area (TPSA) is 68.5 Å². The molecule has 5 rings (SSSR count). The lowest BCUT2D eigenvalue weighted by molar-refractivity contribution is 0.0693. The minimum Gasteiger partial charge on any atom is -0.477 e. The minimum atomic E-state index is -1.20. The van der Waals surface area contributed by atoms with Gasteiger partial charge in [-0.05, 0) is 34.8 Å². The van der Waals surface area contributed by atoms with Gasteiger partial charge in [-0.3, -0.25) is 4.79 Å². The number of aromatic nitrogens is 1. The first-order valence-corrected chi connectivity index (χ1v) is 8.56. The maximum Gasteiger partial charge on any atom is 0.341 e. The summed E-state index contributed by atoms with van der Waals surface area (Å²) in [6.07, 6.45) is 2.75. The van der Waals surface area contributed by atoms with E-state index in [1.54, 1.807) is 0 Å². The third-order valence-electron chi connectivity index (χ3n) is 5.41. The number of rotatable bonds is 1. The van der Waals surface area contributed by atoms with Gasteiger partial charge < -0.3 is 14.4 Å². The summed E-state index contributed by atoms with van der Waals surface area (Å²) in [4.78, 5) is 23.7. The lowest BCUT2D eigenvalue weighted by Crippen LogP contribution is -2.31. The summed E-state index contributed by atoms with van der Waals surface area (Å²) >= 11 is 6.39. The van der Waals surface area contributed by atoms with E-state index in [1.807, 2.05) is 22.8 Å². The molecule has 1 aromatic heterocycles. The SMILES string of the molecule is O=C(O)c1cn2c(cc1=O)C1=C(c3cccc(Cl)c3C1)[C@H]1OCC[C@H]12. The van der Waals surface area contributed by atoms with Gasteiger partial charge in [0.25, 0.3) is 0 Å². The zero-order valence-corrected chi connectivity index (χ0v) is 13.9. The lowest BCUT2D eigenvalue weighted by atomic mass is 9.89. The number of carboxylic acid groups (broad SMARTS) is 1. The molecule has 1 N–H and O–H groups in total. The van der Waals surface area contributed by atoms with Crippen LogP contribution in [0.5, 0.6) is 0 Å².